The van der Waals surface area contributed by atoms with Gasteiger partial charge in [0.2, 0.25) is 0 Å². The first-order chi connectivity index (χ1) is 10.3. The molecule has 1 fully saturated rings. The van der Waals surface area contributed by atoms with E-state index < -0.39 is 5.60 Å². The molecule has 2 heterocycles. The van der Waals surface area contributed by atoms with Crippen LogP contribution in [0.1, 0.15) is 41.9 Å². The number of thiophene rings is 1. The summed E-state index contributed by atoms with van der Waals surface area (Å²) >= 11 is 1.33. The predicted molar refractivity (Wildman–Crippen MR) is 86.9 cm³/mol. The quantitative estimate of drug-likeness (QED) is 0.916. The molecule has 3 nitrogen and oxygen atoms in total. The standard InChI is InChI=1S/C17H20FNO2S/c1-10-14-11(18)6-4-7-12(14)22-15(10)16(20)19-9-5-8-13(19)17(2,3)21/h4,6-7,13,21H,5,8-9H2,1-3H3. The third kappa shape index (κ3) is 2.42. The minimum atomic E-state index is -0.929. The molecule has 0 aliphatic carbocycles. The van der Waals surface area contributed by atoms with Gasteiger partial charge in [-0.1, -0.05) is 6.07 Å². The molecule has 1 amide bonds. The third-order valence-electron chi connectivity index (χ3n) is 4.43. The average Bonchev–Trinajstić information content (AvgIpc) is 3.03. The van der Waals surface area contributed by atoms with E-state index in [4.69, 9.17) is 0 Å². The van der Waals surface area contributed by atoms with Gasteiger partial charge < -0.3 is 10.0 Å². The number of carbonyl (C=O) groups is 1. The molecule has 5 heteroatoms. The number of benzene rings is 1. The first kappa shape index (κ1) is 15.4. The highest BCUT2D eigenvalue weighted by molar-refractivity contribution is 7.21. The Morgan fingerprint density at radius 2 is 2.18 bits per heavy atom. The minimum Gasteiger partial charge on any atom is -0.388 e. The van der Waals surface area contributed by atoms with E-state index in [0.717, 1.165) is 17.5 Å². The molecule has 1 aromatic carbocycles. The van der Waals surface area contributed by atoms with Crippen molar-refractivity contribution in [2.24, 2.45) is 0 Å². The van der Waals surface area contributed by atoms with Crippen LogP contribution >= 0.6 is 11.3 Å². The Morgan fingerprint density at radius 3 is 2.82 bits per heavy atom. The molecular formula is C17H20FNO2S. The molecule has 1 saturated heterocycles. The van der Waals surface area contributed by atoms with Gasteiger partial charge in [-0.05, 0) is 51.3 Å². The average molecular weight is 321 g/mol. The molecule has 0 bridgehead atoms. The zero-order valence-electron chi connectivity index (χ0n) is 13.0. The molecule has 3 rings (SSSR count). The first-order valence-electron chi connectivity index (χ1n) is 7.51. The van der Waals surface area contributed by atoms with Crippen LogP contribution in [-0.4, -0.2) is 34.1 Å². The number of amides is 1. The van der Waals surface area contributed by atoms with Gasteiger partial charge in [0.25, 0.3) is 5.91 Å². The van der Waals surface area contributed by atoms with Crippen molar-refractivity contribution in [2.75, 3.05) is 6.54 Å². The van der Waals surface area contributed by atoms with E-state index >= 15 is 0 Å². The fourth-order valence-corrected chi connectivity index (χ4v) is 4.51. The van der Waals surface area contributed by atoms with Crippen LogP contribution in [0.15, 0.2) is 18.2 Å². The van der Waals surface area contributed by atoms with Gasteiger partial charge in [-0.25, -0.2) is 4.39 Å². The maximum Gasteiger partial charge on any atom is 0.264 e. The molecule has 22 heavy (non-hydrogen) atoms. The van der Waals surface area contributed by atoms with Gasteiger partial charge in [0.05, 0.1) is 16.5 Å². The number of likely N-dealkylation sites (tertiary alicyclic amines) is 1. The van der Waals surface area contributed by atoms with Crippen molar-refractivity contribution >= 4 is 27.3 Å². The van der Waals surface area contributed by atoms with Gasteiger partial charge in [0.1, 0.15) is 5.82 Å². The second-order valence-electron chi connectivity index (χ2n) is 6.48. The number of fused-ring (bicyclic) bond motifs is 1. The first-order valence-corrected chi connectivity index (χ1v) is 8.33. The number of rotatable bonds is 2. The Morgan fingerprint density at radius 1 is 1.45 bits per heavy atom. The fourth-order valence-electron chi connectivity index (χ4n) is 3.33. The number of carbonyl (C=O) groups excluding carboxylic acids is 1. The van der Waals surface area contributed by atoms with Crippen molar-refractivity contribution in [3.8, 4) is 0 Å². The van der Waals surface area contributed by atoms with Crippen LogP contribution in [0.25, 0.3) is 10.1 Å². The summed E-state index contributed by atoms with van der Waals surface area (Å²) in [7, 11) is 0. The number of hydrogen-bond donors (Lipinski definition) is 1. The summed E-state index contributed by atoms with van der Waals surface area (Å²) in [6.45, 7) is 5.91. The van der Waals surface area contributed by atoms with Crippen molar-refractivity contribution in [1.82, 2.24) is 4.90 Å². The molecule has 1 atom stereocenters. The minimum absolute atomic E-state index is 0.0947. The lowest BCUT2D eigenvalue weighted by molar-refractivity contribution is 0.000495. The highest BCUT2D eigenvalue weighted by atomic mass is 32.1. The van der Waals surface area contributed by atoms with Crippen LogP contribution in [0, 0.1) is 12.7 Å². The summed E-state index contributed by atoms with van der Waals surface area (Å²) in [6, 6.07) is 4.74. The molecule has 118 valence electrons. The van der Waals surface area contributed by atoms with Crippen molar-refractivity contribution < 1.29 is 14.3 Å². The molecule has 1 aromatic heterocycles. The molecule has 0 saturated carbocycles. The Balaban J connectivity index is 2.03. The number of halogens is 1. The Hall–Kier alpha value is -1.46. The number of hydrogen-bond acceptors (Lipinski definition) is 3. The number of aliphatic hydroxyl groups is 1. The summed E-state index contributed by atoms with van der Waals surface area (Å²) in [4.78, 5) is 15.2. The van der Waals surface area contributed by atoms with Crippen LogP contribution in [0.5, 0.6) is 0 Å². The zero-order chi connectivity index (χ0) is 16.1. The van der Waals surface area contributed by atoms with E-state index in [9.17, 15) is 14.3 Å². The van der Waals surface area contributed by atoms with Crippen molar-refractivity contribution in [2.45, 2.75) is 45.3 Å². The van der Waals surface area contributed by atoms with Gasteiger partial charge >= 0.3 is 0 Å². The van der Waals surface area contributed by atoms with Gasteiger partial charge in [0, 0.05) is 16.6 Å². The van der Waals surface area contributed by atoms with Crippen molar-refractivity contribution in [3.63, 3.8) is 0 Å². The summed E-state index contributed by atoms with van der Waals surface area (Å²) in [6.07, 6.45) is 1.69. The Kier molecular flexibility index (Phi) is 3.73. The van der Waals surface area contributed by atoms with E-state index in [1.807, 2.05) is 6.07 Å². The number of aryl methyl sites for hydroxylation is 1. The SMILES string of the molecule is Cc1c(C(=O)N2CCCC2C(C)(C)O)sc2cccc(F)c12. The molecule has 0 radical (unpaired) electrons. The van der Waals surface area contributed by atoms with E-state index in [0.29, 0.717) is 22.4 Å². The van der Waals surface area contributed by atoms with Gasteiger partial charge in [-0.15, -0.1) is 11.3 Å². The molecule has 1 aliphatic heterocycles. The monoisotopic (exact) mass is 321 g/mol. The summed E-state index contributed by atoms with van der Waals surface area (Å²) < 4.78 is 14.8. The van der Waals surface area contributed by atoms with Crippen LogP contribution < -0.4 is 0 Å². The second kappa shape index (κ2) is 5.32. The fraction of sp³-hybridized carbons (Fsp3) is 0.471. The topological polar surface area (TPSA) is 40.5 Å². The Labute approximate surface area is 133 Å². The maximum absolute atomic E-state index is 14.0. The summed E-state index contributed by atoms with van der Waals surface area (Å²) in [5.41, 5.74) is -0.230. The van der Waals surface area contributed by atoms with Gasteiger partial charge in [-0.3, -0.25) is 4.79 Å². The third-order valence-corrected chi connectivity index (χ3v) is 5.67. The van der Waals surface area contributed by atoms with Crippen molar-refractivity contribution in [3.05, 3.63) is 34.5 Å². The lowest BCUT2D eigenvalue weighted by atomic mass is 9.96. The largest absolute Gasteiger partial charge is 0.388 e. The molecule has 1 N–H and O–H groups in total. The normalized spacial score (nSPS) is 19.1. The molecule has 2 aromatic rings. The molecular weight excluding hydrogens is 301 g/mol. The zero-order valence-corrected chi connectivity index (χ0v) is 13.8. The van der Waals surface area contributed by atoms with E-state index in [2.05, 4.69) is 0 Å². The lowest BCUT2D eigenvalue weighted by Gasteiger charge is -2.33. The van der Waals surface area contributed by atoms with Crippen molar-refractivity contribution in [1.29, 1.82) is 0 Å². The lowest BCUT2D eigenvalue weighted by Crippen LogP contribution is -2.48. The van der Waals surface area contributed by atoms with Crippen LogP contribution in [-0.2, 0) is 0 Å². The van der Waals surface area contributed by atoms with E-state index in [1.165, 1.54) is 17.4 Å². The molecule has 1 unspecified atom stereocenters. The van der Waals surface area contributed by atoms with Crippen LogP contribution in [0.2, 0.25) is 0 Å². The van der Waals surface area contributed by atoms with Crippen LogP contribution in [0.4, 0.5) is 4.39 Å². The highest BCUT2D eigenvalue weighted by Gasteiger charge is 2.39. The smallest absolute Gasteiger partial charge is 0.264 e. The van der Waals surface area contributed by atoms with Gasteiger partial charge in [0.15, 0.2) is 0 Å². The highest BCUT2D eigenvalue weighted by Crippen LogP contribution is 2.36. The predicted octanol–water partition coefficient (Wildman–Crippen LogP) is 3.72. The van der Waals surface area contributed by atoms with Gasteiger partial charge in [-0.2, -0.15) is 0 Å². The number of nitrogens with zero attached hydrogens (tertiary/aromatic N) is 1. The maximum atomic E-state index is 14.0. The summed E-state index contributed by atoms with van der Waals surface area (Å²) in [5.74, 6) is -0.381. The second-order valence-corrected chi connectivity index (χ2v) is 7.53. The molecule has 1 aliphatic rings. The van der Waals surface area contributed by atoms with E-state index in [-0.39, 0.29) is 17.8 Å². The Bertz CT molecular complexity index is 732. The van der Waals surface area contributed by atoms with E-state index in [1.54, 1.807) is 31.7 Å². The molecule has 0 spiro atoms. The summed E-state index contributed by atoms with van der Waals surface area (Å²) in [5, 5.41) is 10.8. The van der Waals surface area contributed by atoms with Crippen LogP contribution in [0.3, 0.4) is 0 Å².